The largest absolute Gasteiger partial charge is 0.508 e. The average Bonchev–Trinajstić information content (AvgIpc) is 2.98. The Labute approximate surface area is 138 Å². The molecule has 0 unspecified atom stereocenters. The molecular formula is C17H14ClN3O2. The number of aromatic hydroxyl groups is 1. The number of phenols is 1. The molecule has 116 valence electrons. The van der Waals surface area contributed by atoms with E-state index in [1.165, 1.54) is 18.3 Å². The van der Waals surface area contributed by atoms with Crippen LogP contribution in [0.5, 0.6) is 5.75 Å². The number of carbonyl (C=O) groups excluding carboxylic acids is 1. The highest BCUT2D eigenvalue weighted by Gasteiger charge is 2.10. The highest BCUT2D eigenvalue weighted by molar-refractivity contribution is 6.31. The zero-order valence-electron chi connectivity index (χ0n) is 12.1. The zero-order valence-corrected chi connectivity index (χ0v) is 12.9. The molecule has 1 amide bonds. The lowest BCUT2D eigenvalue weighted by molar-refractivity contribution is 0.102. The van der Waals surface area contributed by atoms with Gasteiger partial charge in [0.25, 0.3) is 5.91 Å². The summed E-state index contributed by atoms with van der Waals surface area (Å²) >= 11 is 6.12. The van der Waals surface area contributed by atoms with Crippen molar-refractivity contribution >= 4 is 23.2 Å². The van der Waals surface area contributed by atoms with Crippen LogP contribution in [0.4, 0.5) is 5.69 Å². The fourth-order valence-corrected chi connectivity index (χ4v) is 2.35. The fraction of sp³-hybridized carbons (Fsp3) is 0.0588. The van der Waals surface area contributed by atoms with Crippen LogP contribution in [-0.2, 0) is 6.54 Å². The van der Waals surface area contributed by atoms with Gasteiger partial charge in [-0.3, -0.25) is 9.48 Å². The van der Waals surface area contributed by atoms with E-state index in [0.29, 0.717) is 22.8 Å². The van der Waals surface area contributed by atoms with E-state index in [9.17, 15) is 9.90 Å². The molecule has 0 atom stereocenters. The Bertz CT molecular complexity index is 845. The second kappa shape index (κ2) is 6.54. The molecule has 23 heavy (non-hydrogen) atoms. The first-order valence-corrected chi connectivity index (χ1v) is 7.36. The number of halogens is 1. The van der Waals surface area contributed by atoms with Gasteiger partial charge in [-0.25, -0.2) is 0 Å². The SMILES string of the molecule is O=C(Nc1cccc(O)c1)c1cnn(Cc2ccccc2Cl)c1. The summed E-state index contributed by atoms with van der Waals surface area (Å²) in [6.45, 7) is 0.485. The van der Waals surface area contributed by atoms with Crippen molar-refractivity contribution in [2.24, 2.45) is 0 Å². The van der Waals surface area contributed by atoms with Crippen LogP contribution in [0.25, 0.3) is 0 Å². The van der Waals surface area contributed by atoms with Gasteiger partial charge in [-0.1, -0.05) is 35.9 Å². The Morgan fingerprint density at radius 1 is 1.22 bits per heavy atom. The summed E-state index contributed by atoms with van der Waals surface area (Å²) in [6, 6.07) is 13.9. The van der Waals surface area contributed by atoms with Crippen LogP contribution in [0.1, 0.15) is 15.9 Å². The Kier molecular flexibility index (Phi) is 4.30. The molecule has 1 aromatic heterocycles. The van der Waals surface area contributed by atoms with Crippen LogP contribution in [0.3, 0.4) is 0 Å². The van der Waals surface area contributed by atoms with E-state index in [1.807, 2.05) is 24.3 Å². The molecule has 2 N–H and O–H groups in total. The smallest absolute Gasteiger partial charge is 0.258 e. The normalized spacial score (nSPS) is 10.5. The van der Waals surface area contributed by atoms with Crippen molar-refractivity contribution in [2.45, 2.75) is 6.54 Å². The van der Waals surface area contributed by atoms with Gasteiger partial charge in [-0.05, 0) is 23.8 Å². The zero-order chi connectivity index (χ0) is 16.2. The van der Waals surface area contributed by atoms with E-state index in [4.69, 9.17) is 11.6 Å². The molecule has 0 aliphatic rings. The van der Waals surface area contributed by atoms with Gasteiger partial charge in [0.1, 0.15) is 5.75 Å². The number of rotatable bonds is 4. The van der Waals surface area contributed by atoms with Gasteiger partial charge in [0, 0.05) is 23.0 Å². The van der Waals surface area contributed by atoms with Crippen LogP contribution in [0, 0.1) is 0 Å². The first-order valence-electron chi connectivity index (χ1n) is 6.98. The lowest BCUT2D eigenvalue weighted by Gasteiger charge is -2.04. The fourth-order valence-electron chi connectivity index (χ4n) is 2.16. The van der Waals surface area contributed by atoms with Gasteiger partial charge in [0.15, 0.2) is 0 Å². The minimum atomic E-state index is -0.291. The number of benzene rings is 2. The molecule has 2 aromatic carbocycles. The predicted octanol–water partition coefficient (Wildman–Crippen LogP) is 3.54. The molecule has 6 heteroatoms. The molecule has 0 bridgehead atoms. The Morgan fingerprint density at radius 2 is 2.04 bits per heavy atom. The number of phenolic OH excluding ortho intramolecular Hbond substituents is 1. The van der Waals surface area contributed by atoms with Crippen molar-refractivity contribution in [3.05, 3.63) is 77.1 Å². The minimum Gasteiger partial charge on any atom is -0.508 e. The number of aromatic nitrogens is 2. The quantitative estimate of drug-likeness (QED) is 0.770. The van der Waals surface area contributed by atoms with Crippen LogP contribution >= 0.6 is 11.6 Å². The molecule has 3 rings (SSSR count). The summed E-state index contributed by atoms with van der Waals surface area (Å²) < 4.78 is 1.65. The summed E-state index contributed by atoms with van der Waals surface area (Å²) in [6.07, 6.45) is 3.15. The molecule has 0 spiro atoms. The van der Waals surface area contributed by atoms with Crippen molar-refractivity contribution in [2.75, 3.05) is 5.32 Å². The van der Waals surface area contributed by atoms with Crippen LogP contribution in [0.2, 0.25) is 5.02 Å². The standard InChI is InChI=1S/C17H14ClN3O2/c18-16-7-2-1-4-12(16)10-21-11-13(9-19-21)17(23)20-14-5-3-6-15(22)8-14/h1-9,11,22H,10H2,(H,20,23). The molecule has 0 aliphatic heterocycles. The first-order chi connectivity index (χ1) is 11.1. The Morgan fingerprint density at radius 3 is 2.83 bits per heavy atom. The van der Waals surface area contributed by atoms with Gasteiger partial charge >= 0.3 is 0 Å². The molecule has 0 fully saturated rings. The predicted molar refractivity (Wildman–Crippen MR) is 88.8 cm³/mol. The monoisotopic (exact) mass is 327 g/mol. The third-order valence-electron chi connectivity index (χ3n) is 3.29. The average molecular weight is 328 g/mol. The van der Waals surface area contributed by atoms with Crippen molar-refractivity contribution in [1.29, 1.82) is 0 Å². The summed E-state index contributed by atoms with van der Waals surface area (Å²) in [7, 11) is 0. The molecule has 5 nitrogen and oxygen atoms in total. The van der Waals surface area contributed by atoms with E-state index in [0.717, 1.165) is 5.56 Å². The highest BCUT2D eigenvalue weighted by Crippen LogP contribution is 2.18. The first kappa shape index (κ1) is 15.1. The summed E-state index contributed by atoms with van der Waals surface area (Å²) in [4.78, 5) is 12.2. The van der Waals surface area contributed by atoms with E-state index in [-0.39, 0.29) is 11.7 Å². The number of nitrogens with zero attached hydrogens (tertiary/aromatic N) is 2. The molecular weight excluding hydrogens is 314 g/mol. The maximum Gasteiger partial charge on any atom is 0.258 e. The Hall–Kier alpha value is -2.79. The molecule has 0 saturated carbocycles. The van der Waals surface area contributed by atoms with Crippen molar-refractivity contribution in [3.63, 3.8) is 0 Å². The molecule has 0 saturated heterocycles. The number of anilines is 1. The molecule has 1 heterocycles. The minimum absolute atomic E-state index is 0.0946. The lowest BCUT2D eigenvalue weighted by Crippen LogP contribution is -2.11. The van der Waals surface area contributed by atoms with Gasteiger partial charge < -0.3 is 10.4 Å². The van der Waals surface area contributed by atoms with Gasteiger partial charge in [-0.2, -0.15) is 5.10 Å². The van der Waals surface area contributed by atoms with E-state index >= 15 is 0 Å². The second-order valence-electron chi connectivity index (χ2n) is 5.02. The summed E-state index contributed by atoms with van der Waals surface area (Å²) in [5.41, 5.74) is 1.88. The number of hydrogen-bond acceptors (Lipinski definition) is 3. The highest BCUT2D eigenvalue weighted by atomic mass is 35.5. The number of hydrogen-bond donors (Lipinski definition) is 2. The molecule has 0 aliphatic carbocycles. The number of carbonyl (C=O) groups is 1. The van der Waals surface area contributed by atoms with Crippen LogP contribution in [0.15, 0.2) is 60.9 Å². The van der Waals surface area contributed by atoms with Gasteiger partial charge in [0.05, 0.1) is 18.3 Å². The van der Waals surface area contributed by atoms with Gasteiger partial charge in [0.2, 0.25) is 0 Å². The van der Waals surface area contributed by atoms with Crippen molar-refractivity contribution in [3.8, 4) is 5.75 Å². The number of amides is 1. The maximum absolute atomic E-state index is 12.2. The van der Waals surface area contributed by atoms with Crippen molar-refractivity contribution < 1.29 is 9.90 Å². The van der Waals surface area contributed by atoms with Crippen molar-refractivity contribution in [1.82, 2.24) is 9.78 Å². The Balaban J connectivity index is 1.71. The van der Waals surface area contributed by atoms with Crippen LogP contribution < -0.4 is 5.32 Å². The van der Waals surface area contributed by atoms with E-state index in [1.54, 1.807) is 23.0 Å². The molecule has 0 radical (unpaired) electrons. The van der Waals surface area contributed by atoms with Crippen LogP contribution in [-0.4, -0.2) is 20.8 Å². The summed E-state index contributed by atoms with van der Waals surface area (Å²) in [5, 5.41) is 17.0. The van der Waals surface area contributed by atoms with Gasteiger partial charge in [-0.15, -0.1) is 0 Å². The second-order valence-corrected chi connectivity index (χ2v) is 5.43. The molecule has 3 aromatic rings. The third kappa shape index (κ3) is 3.70. The summed E-state index contributed by atoms with van der Waals surface area (Å²) in [5.74, 6) is -0.196. The topological polar surface area (TPSA) is 67.2 Å². The maximum atomic E-state index is 12.2. The van der Waals surface area contributed by atoms with E-state index in [2.05, 4.69) is 10.4 Å². The number of nitrogens with one attached hydrogen (secondary N) is 1. The third-order valence-corrected chi connectivity index (χ3v) is 3.66. The lowest BCUT2D eigenvalue weighted by atomic mass is 10.2. The van der Waals surface area contributed by atoms with E-state index < -0.39 is 0 Å².